The Morgan fingerprint density at radius 3 is 2.72 bits per heavy atom. The Balaban J connectivity index is 1.78. The van der Waals surface area contributed by atoms with Gasteiger partial charge in [-0.1, -0.05) is 18.2 Å². The zero-order valence-corrected chi connectivity index (χ0v) is 14.4. The molecule has 0 bridgehead atoms. The Kier molecular flexibility index (Phi) is 5.20. The highest BCUT2D eigenvalue weighted by molar-refractivity contribution is 5.97. The number of hydrogen-bond acceptors (Lipinski definition) is 4. The van der Waals surface area contributed by atoms with Gasteiger partial charge in [0.2, 0.25) is 0 Å². The molecule has 6 heteroatoms. The number of hydrogen-bond donors (Lipinski definition) is 1. The summed E-state index contributed by atoms with van der Waals surface area (Å²) in [5, 5.41) is 7.34. The maximum absolute atomic E-state index is 12.6. The average molecular weight is 335 g/mol. The topological polar surface area (TPSA) is 63.1 Å². The van der Waals surface area contributed by atoms with Gasteiger partial charge in [0.25, 0.3) is 5.91 Å². The minimum atomic E-state index is -0.135. The van der Waals surface area contributed by atoms with Crippen LogP contribution in [-0.2, 0) is 13.1 Å². The van der Waals surface area contributed by atoms with Gasteiger partial charge >= 0.3 is 0 Å². The van der Waals surface area contributed by atoms with E-state index in [1.54, 1.807) is 23.1 Å². The van der Waals surface area contributed by atoms with Crippen molar-refractivity contribution in [2.75, 3.05) is 14.1 Å². The monoisotopic (exact) mass is 335 g/mol. The van der Waals surface area contributed by atoms with Gasteiger partial charge in [-0.15, -0.1) is 0 Å². The van der Waals surface area contributed by atoms with Gasteiger partial charge in [-0.3, -0.25) is 9.78 Å². The number of carbonyl (C=O) groups excluding carboxylic acids is 1. The minimum Gasteiger partial charge on any atom is -0.348 e. The Bertz CT molecular complexity index is 842. The molecule has 0 radical (unpaired) electrons. The molecular formula is C19H21N5O. The van der Waals surface area contributed by atoms with Crippen LogP contribution in [0.25, 0.3) is 5.69 Å². The van der Waals surface area contributed by atoms with E-state index in [-0.39, 0.29) is 5.91 Å². The van der Waals surface area contributed by atoms with Crippen LogP contribution in [0.3, 0.4) is 0 Å². The second-order valence-electron chi connectivity index (χ2n) is 6.09. The summed E-state index contributed by atoms with van der Waals surface area (Å²) < 4.78 is 1.75. The van der Waals surface area contributed by atoms with E-state index in [0.29, 0.717) is 12.1 Å². The molecule has 0 saturated carbocycles. The molecular weight excluding hydrogens is 314 g/mol. The third kappa shape index (κ3) is 4.30. The lowest BCUT2D eigenvalue weighted by Crippen LogP contribution is -2.24. The van der Waals surface area contributed by atoms with Crippen LogP contribution in [-0.4, -0.2) is 39.7 Å². The highest BCUT2D eigenvalue weighted by Gasteiger charge is 2.13. The Hall–Kier alpha value is -2.99. The first kappa shape index (κ1) is 16.9. The molecule has 6 nitrogen and oxygen atoms in total. The van der Waals surface area contributed by atoms with Crippen molar-refractivity contribution in [1.29, 1.82) is 0 Å². The van der Waals surface area contributed by atoms with Gasteiger partial charge in [-0.05, 0) is 37.9 Å². The normalized spacial score (nSPS) is 10.8. The number of carbonyl (C=O) groups is 1. The van der Waals surface area contributed by atoms with Crippen LogP contribution in [0.5, 0.6) is 0 Å². The largest absolute Gasteiger partial charge is 0.348 e. The lowest BCUT2D eigenvalue weighted by atomic mass is 10.1. The van der Waals surface area contributed by atoms with E-state index in [0.717, 1.165) is 23.4 Å². The molecule has 0 fully saturated rings. The zero-order valence-electron chi connectivity index (χ0n) is 14.4. The molecule has 1 N–H and O–H groups in total. The van der Waals surface area contributed by atoms with Crippen molar-refractivity contribution in [3.05, 3.63) is 77.9 Å². The van der Waals surface area contributed by atoms with Gasteiger partial charge in [-0.2, -0.15) is 5.10 Å². The third-order valence-corrected chi connectivity index (χ3v) is 3.71. The fraction of sp³-hybridized carbons (Fsp3) is 0.211. The van der Waals surface area contributed by atoms with Crippen LogP contribution in [0.2, 0.25) is 0 Å². The summed E-state index contributed by atoms with van der Waals surface area (Å²) in [6.07, 6.45) is 7.23. The quantitative estimate of drug-likeness (QED) is 0.750. The fourth-order valence-corrected chi connectivity index (χ4v) is 2.58. The third-order valence-electron chi connectivity index (χ3n) is 3.71. The van der Waals surface area contributed by atoms with Crippen LogP contribution in [0.1, 0.15) is 21.5 Å². The molecule has 1 aromatic carbocycles. The van der Waals surface area contributed by atoms with E-state index >= 15 is 0 Å². The molecule has 25 heavy (non-hydrogen) atoms. The van der Waals surface area contributed by atoms with Gasteiger partial charge in [0, 0.05) is 37.2 Å². The van der Waals surface area contributed by atoms with Crippen LogP contribution in [0.4, 0.5) is 0 Å². The van der Waals surface area contributed by atoms with Gasteiger partial charge in [0.1, 0.15) is 0 Å². The summed E-state index contributed by atoms with van der Waals surface area (Å²) in [6.45, 7) is 1.24. The molecule has 0 saturated heterocycles. The van der Waals surface area contributed by atoms with E-state index < -0.39 is 0 Å². The molecule has 128 valence electrons. The first-order valence-electron chi connectivity index (χ1n) is 8.08. The second kappa shape index (κ2) is 7.72. The number of nitrogens with one attached hydrogen (secondary N) is 1. The molecule has 0 aliphatic heterocycles. The summed E-state index contributed by atoms with van der Waals surface area (Å²) in [5.41, 5.74) is 3.40. The van der Waals surface area contributed by atoms with Crippen LogP contribution in [0.15, 0.2) is 61.2 Å². The van der Waals surface area contributed by atoms with Gasteiger partial charge in [0.15, 0.2) is 0 Å². The molecule has 2 aromatic heterocycles. The SMILES string of the molecule is CN(C)Cc1cnn(-c2ccccc2C(=O)NCc2cccnc2)c1. The number of benzene rings is 1. The number of aromatic nitrogens is 3. The van der Waals surface area contributed by atoms with Crippen molar-refractivity contribution in [1.82, 2.24) is 25.0 Å². The summed E-state index contributed by atoms with van der Waals surface area (Å²) in [5.74, 6) is -0.135. The van der Waals surface area contributed by atoms with Crippen molar-refractivity contribution in [2.45, 2.75) is 13.1 Å². The first-order valence-corrected chi connectivity index (χ1v) is 8.08. The van der Waals surface area contributed by atoms with Crippen LogP contribution >= 0.6 is 0 Å². The van der Waals surface area contributed by atoms with Gasteiger partial charge in [0.05, 0.1) is 17.4 Å². The Morgan fingerprint density at radius 2 is 1.96 bits per heavy atom. The molecule has 0 unspecified atom stereocenters. The van der Waals surface area contributed by atoms with Gasteiger partial charge in [-0.25, -0.2) is 4.68 Å². The molecule has 3 aromatic rings. The number of pyridine rings is 1. The maximum Gasteiger partial charge on any atom is 0.253 e. The summed E-state index contributed by atoms with van der Waals surface area (Å²) >= 11 is 0. The van der Waals surface area contributed by atoms with Crippen LogP contribution in [0, 0.1) is 0 Å². The van der Waals surface area contributed by atoms with Crippen molar-refractivity contribution < 1.29 is 4.79 Å². The van der Waals surface area contributed by atoms with Crippen molar-refractivity contribution in [2.24, 2.45) is 0 Å². The molecule has 0 spiro atoms. The van der Waals surface area contributed by atoms with Crippen molar-refractivity contribution in [3.63, 3.8) is 0 Å². The lowest BCUT2D eigenvalue weighted by molar-refractivity contribution is 0.0950. The Morgan fingerprint density at radius 1 is 1.12 bits per heavy atom. The number of nitrogens with zero attached hydrogens (tertiary/aromatic N) is 4. The first-order chi connectivity index (χ1) is 12.1. The van der Waals surface area contributed by atoms with Crippen molar-refractivity contribution >= 4 is 5.91 Å². The van der Waals surface area contributed by atoms with Crippen molar-refractivity contribution in [3.8, 4) is 5.69 Å². The number of rotatable bonds is 6. The molecule has 0 aliphatic carbocycles. The van der Waals surface area contributed by atoms with Crippen LogP contribution < -0.4 is 5.32 Å². The minimum absolute atomic E-state index is 0.135. The molecule has 3 rings (SSSR count). The smallest absolute Gasteiger partial charge is 0.253 e. The summed E-state index contributed by atoms with van der Waals surface area (Å²) in [4.78, 5) is 18.8. The predicted octanol–water partition coefficient (Wildman–Crippen LogP) is 2.26. The molecule has 1 amide bonds. The zero-order chi connectivity index (χ0) is 17.6. The standard InChI is InChI=1S/C19H21N5O/c1-23(2)13-16-12-22-24(14-16)18-8-4-3-7-17(18)19(25)21-11-15-6-5-9-20-10-15/h3-10,12,14H,11,13H2,1-2H3,(H,21,25). The summed E-state index contributed by atoms with van der Waals surface area (Å²) in [6, 6.07) is 11.2. The highest BCUT2D eigenvalue weighted by atomic mass is 16.1. The summed E-state index contributed by atoms with van der Waals surface area (Å²) in [7, 11) is 4.02. The number of amides is 1. The predicted molar refractivity (Wildman–Crippen MR) is 96.4 cm³/mol. The Labute approximate surface area is 147 Å². The van der Waals surface area contributed by atoms with E-state index in [9.17, 15) is 4.79 Å². The van der Waals surface area contributed by atoms with E-state index in [4.69, 9.17) is 0 Å². The van der Waals surface area contributed by atoms with E-state index in [1.165, 1.54) is 0 Å². The number of para-hydroxylation sites is 1. The molecule has 0 atom stereocenters. The second-order valence-corrected chi connectivity index (χ2v) is 6.09. The van der Waals surface area contributed by atoms with Gasteiger partial charge < -0.3 is 10.2 Å². The highest BCUT2D eigenvalue weighted by Crippen LogP contribution is 2.15. The fourth-order valence-electron chi connectivity index (χ4n) is 2.58. The molecule has 0 aliphatic rings. The molecule has 2 heterocycles. The average Bonchev–Trinajstić information content (AvgIpc) is 3.08. The maximum atomic E-state index is 12.6. The van der Waals surface area contributed by atoms with E-state index in [1.807, 2.05) is 56.8 Å². The lowest BCUT2D eigenvalue weighted by Gasteiger charge is -2.10. The van der Waals surface area contributed by atoms with E-state index in [2.05, 4.69) is 20.3 Å².